The molecule has 0 bridgehead atoms. The molecule has 9 N–H and O–H groups in total. The molecule has 79 heavy (non-hydrogen) atoms. The van der Waals surface area contributed by atoms with Crippen LogP contribution in [0.3, 0.4) is 0 Å². The van der Waals surface area contributed by atoms with Crippen LogP contribution in [0.15, 0.2) is 48.6 Å². The predicted octanol–water partition coefficient (Wildman–Crippen LogP) is 12.0. The fourth-order valence-electron chi connectivity index (χ4n) is 10.6. The monoisotopic (exact) mass is 1120 g/mol. The van der Waals surface area contributed by atoms with Gasteiger partial charge in [-0.2, -0.15) is 0 Å². The number of unbranched alkanes of at least 4 members (excludes halogenated alkanes) is 31. The number of hydrogen-bond acceptors (Lipinski definition) is 13. The number of rotatable bonds is 52. The average molecular weight is 1120 g/mol. The maximum Gasteiger partial charge on any atom is 0.220 e. The first-order valence-electron chi connectivity index (χ1n) is 32.4. The third-order valence-electron chi connectivity index (χ3n) is 15.8. The molecule has 2 rings (SSSR count). The molecule has 14 heteroatoms. The molecule has 2 fully saturated rings. The van der Waals surface area contributed by atoms with Crippen molar-refractivity contribution in [2.24, 2.45) is 0 Å². The second-order valence-electron chi connectivity index (χ2n) is 22.9. The van der Waals surface area contributed by atoms with Crippen molar-refractivity contribution in [1.82, 2.24) is 5.32 Å². The van der Waals surface area contributed by atoms with Gasteiger partial charge in [0.1, 0.15) is 48.8 Å². The Morgan fingerprint density at radius 3 is 1.34 bits per heavy atom. The highest BCUT2D eigenvalue weighted by Crippen LogP contribution is 2.30. The number of aliphatic hydroxyl groups excluding tert-OH is 8. The Labute approximate surface area is 480 Å². The van der Waals surface area contributed by atoms with Crippen LogP contribution in [-0.4, -0.2) is 140 Å². The molecule has 2 aliphatic heterocycles. The van der Waals surface area contributed by atoms with E-state index in [4.69, 9.17) is 18.9 Å². The third kappa shape index (κ3) is 35.6. The molecular weight excluding hydrogens is 1000 g/mol. The average Bonchev–Trinajstić information content (AvgIpc) is 3.47. The van der Waals surface area contributed by atoms with Gasteiger partial charge in [0.25, 0.3) is 0 Å². The lowest BCUT2D eigenvalue weighted by atomic mass is 9.97. The van der Waals surface area contributed by atoms with E-state index in [0.29, 0.717) is 12.8 Å². The zero-order valence-electron chi connectivity index (χ0n) is 49.9. The van der Waals surface area contributed by atoms with Crippen molar-refractivity contribution in [3.8, 4) is 0 Å². The minimum Gasteiger partial charge on any atom is -0.394 e. The van der Waals surface area contributed by atoms with Gasteiger partial charge < -0.3 is 65.1 Å². The fraction of sp³-hybridized carbons (Fsp3) is 0.862. The van der Waals surface area contributed by atoms with Crippen molar-refractivity contribution in [2.45, 2.75) is 338 Å². The fourth-order valence-corrected chi connectivity index (χ4v) is 10.6. The summed E-state index contributed by atoms with van der Waals surface area (Å²) in [5, 5.41) is 87.4. The molecule has 14 nitrogen and oxygen atoms in total. The first-order valence-corrected chi connectivity index (χ1v) is 32.4. The Bertz CT molecular complexity index is 1510. The SMILES string of the molecule is CC/C=C\C/C=C\C/C=C\C/C=C\CCCCCCC(=O)NC(COC1OC(CO)C(OC2OC(CO)C(O)C(O)C2O)C(O)C1O)C(O)CCCCCCCCCCCCCCCCCCCCCCCCCCCCCC. The van der Waals surface area contributed by atoms with Crippen LogP contribution in [-0.2, 0) is 23.7 Å². The van der Waals surface area contributed by atoms with Gasteiger partial charge in [-0.25, -0.2) is 0 Å². The van der Waals surface area contributed by atoms with Crippen LogP contribution in [0.25, 0.3) is 0 Å². The zero-order valence-corrected chi connectivity index (χ0v) is 49.9. The van der Waals surface area contributed by atoms with E-state index in [1.807, 2.05) is 0 Å². The summed E-state index contributed by atoms with van der Waals surface area (Å²) in [5.74, 6) is -0.228. The van der Waals surface area contributed by atoms with Crippen molar-refractivity contribution < 1.29 is 64.6 Å². The molecule has 0 aromatic rings. The van der Waals surface area contributed by atoms with Crippen molar-refractivity contribution >= 4 is 5.91 Å². The van der Waals surface area contributed by atoms with Crippen LogP contribution in [0.5, 0.6) is 0 Å². The Morgan fingerprint density at radius 2 is 0.873 bits per heavy atom. The summed E-state index contributed by atoms with van der Waals surface area (Å²) in [6.45, 7) is 2.75. The van der Waals surface area contributed by atoms with Crippen molar-refractivity contribution in [3.05, 3.63) is 48.6 Å². The Kier molecular flexibility index (Phi) is 46.7. The van der Waals surface area contributed by atoms with Crippen LogP contribution in [0.2, 0.25) is 0 Å². The van der Waals surface area contributed by atoms with Gasteiger partial charge >= 0.3 is 0 Å². The maximum absolute atomic E-state index is 13.3. The molecule has 2 heterocycles. The lowest BCUT2D eigenvalue weighted by Crippen LogP contribution is -2.65. The van der Waals surface area contributed by atoms with Gasteiger partial charge in [0, 0.05) is 6.42 Å². The number of carbonyl (C=O) groups excluding carboxylic acids is 1. The summed E-state index contributed by atoms with van der Waals surface area (Å²) in [5.41, 5.74) is 0. The quantitative estimate of drug-likeness (QED) is 0.0204. The van der Waals surface area contributed by atoms with E-state index in [1.165, 1.54) is 154 Å². The topological polar surface area (TPSA) is 228 Å². The number of aliphatic hydroxyl groups is 8. The summed E-state index contributed by atoms with van der Waals surface area (Å²) >= 11 is 0. The van der Waals surface area contributed by atoms with Crippen LogP contribution >= 0.6 is 0 Å². The molecule has 12 unspecified atom stereocenters. The lowest BCUT2D eigenvalue weighted by Gasteiger charge is -2.46. The van der Waals surface area contributed by atoms with E-state index in [9.17, 15) is 45.6 Å². The third-order valence-corrected chi connectivity index (χ3v) is 15.8. The van der Waals surface area contributed by atoms with Crippen LogP contribution in [0.1, 0.15) is 264 Å². The van der Waals surface area contributed by atoms with Gasteiger partial charge in [0.05, 0.1) is 32.0 Å². The molecule has 12 atom stereocenters. The van der Waals surface area contributed by atoms with E-state index < -0.39 is 86.8 Å². The number of carbonyl (C=O) groups is 1. The Morgan fingerprint density at radius 1 is 0.468 bits per heavy atom. The first kappa shape index (κ1) is 73.1. The molecule has 0 aromatic carbocycles. The van der Waals surface area contributed by atoms with E-state index in [2.05, 4.69) is 67.8 Å². The number of amides is 1. The number of nitrogens with one attached hydrogen (secondary N) is 1. The normalized spacial score (nSPS) is 24.7. The largest absolute Gasteiger partial charge is 0.394 e. The highest BCUT2D eigenvalue weighted by atomic mass is 16.7. The molecule has 2 saturated heterocycles. The minimum atomic E-state index is -1.79. The molecular formula is C65H119NO13. The predicted molar refractivity (Wildman–Crippen MR) is 318 cm³/mol. The smallest absolute Gasteiger partial charge is 0.220 e. The molecule has 0 aliphatic carbocycles. The number of ether oxygens (including phenoxy) is 4. The highest BCUT2D eigenvalue weighted by molar-refractivity contribution is 5.76. The molecule has 2 aliphatic rings. The standard InChI is InChI=1S/C65H119NO13/c1-3-5-7-9-11-13-15-17-19-21-22-23-24-25-26-27-28-29-30-31-33-34-36-38-40-42-44-46-48-54(69)53(66-57(70)49-47-45-43-41-39-37-35-32-20-18-16-14-12-10-8-6-4-2)52-76-64-62(75)60(73)63(56(51-68)78-64)79-65-61(74)59(72)58(71)55(50-67)77-65/h6,8,12,14,18,20,35,37,53-56,58-65,67-69,71-75H,3-5,7,9-11,13,15-17,19,21-34,36,38-52H2,1-2H3,(H,66,70)/b8-6-,14-12-,20-18-,37-35-. The van der Waals surface area contributed by atoms with E-state index in [1.54, 1.807) is 0 Å². The lowest BCUT2D eigenvalue weighted by molar-refractivity contribution is -0.359. The van der Waals surface area contributed by atoms with Crippen LogP contribution in [0, 0.1) is 0 Å². The highest BCUT2D eigenvalue weighted by Gasteiger charge is 2.51. The van der Waals surface area contributed by atoms with Gasteiger partial charge in [-0.3, -0.25) is 4.79 Å². The Balaban J connectivity index is 1.69. The molecule has 0 radical (unpaired) electrons. The number of allylic oxidation sites excluding steroid dienone is 8. The Hall–Kier alpha value is -2.05. The summed E-state index contributed by atoms with van der Waals surface area (Å²) in [7, 11) is 0. The van der Waals surface area contributed by atoms with Crippen LogP contribution < -0.4 is 5.32 Å². The van der Waals surface area contributed by atoms with Crippen LogP contribution in [0.4, 0.5) is 0 Å². The first-order chi connectivity index (χ1) is 38.6. The van der Waals surface area contributed by atoms with Gasteiger partial charge in [-0.15, -0.1) is 0 Å². The van der Waals surface area contributed by atoms with Gasteiger partial charge in [0.15, 0.2) is 12.6 Å². The molecule has 0 aromatic heterocycles. The second kappa shape index (κ2) is 50.5. The minimum absolute atomic E-state index is 0.228. The molecule has 0 spiro atoms. The maximum atomic E-state index is 13.3. The van der Waals surface area contributed by atoms with E-state index in [-0.39, 0.29) is 18.9 Å². The van der Waals surface area contributed by atoms with Gasteiger partial charge in [0.2, 0.25) is 5.91 Å². The van der Waals surface area contributed by atoms with Gasteiger partial charge in [-0.05, 0) is 51.4 Å². The summed E-state index contributed by atoms with van der Waals surface area (Å²) in [4.78, 5) is 13.3. The zero-order chi connectivity index (χ0) is 57.4. The summed E-state index contributed by atoms with van der Waals surface area (Å²) in [6, 6.07) is -0.844. The molecule has 0 saturated carbocycles. The van der Waals surface area contributed by atoms with Gasteiger partial charge in [-0.1, -0.05) is 255 Å². The van der Waals surface area contributed by atoms with Crippen molar-refractivity contribution in [2.75, 3.05) is 19.8 Å². The summed E-state index contributed by atoms with van der Waals surface area (Å²) in [6.07, 6.45) is 47.0. The van der Waals surface area contributed by atoms with Crippen molar-refractivity contribution in [1.29, 1.82) is 0 Å². The van der Waals surface area contributed by atoms with Crippen molar-refractivity contribution in [3.63, 3.8) is 0 Å². The number of hydrogen-bond donors (Lipinski definition) is 9. The van der Waals surface area contributed by atoms with E-state index >= 15 is 0 Å². The molecule has 1 amide bonds. The van der Waals surface area contributed by atoms with E-state index in [0.717, 1.165) is 77.0 Å². The molecule has 462 valence electrons. The second-order valence-corrected chi connectivity index (χ2v) is 22.9. The summed E-state index contributed by atoms with van der Waals surface area (Å²) < 4.78 is 22.9.